The first-order valence-corrected chi connectivity index (χ1v) is 22.3. The molecule has 2 aromatic heterocycles. The number of hydrazone groups is 1. The monoisotopic (exact) mass is 924 g/mol. The van der Waals surface area contributed by atoms with Gasteiger partial charge in [-0.05, 0) is 101 Å². The van der Waals surface area contributed by atoms with Gasteiger partial charge in [0, 0.05) is 71.3 Å². The van der Waals surface area contributed by atoms with Crippen LogP contribution in [-0.2, 0) is 27.3 Å². The summed E-state index contributed by atoms with van der Waals surface area (Å²) in [6.07, 6.45) is 6.35. The van der Waals surface area contributed by atoms with Gasteiger partial charge in [-0.25, -0.2) is 20.9 Å². The second-order valence-corrected chi connectivity index (χ2v) is 16.6. The summed E-state index contributed by atoms with van der Waals surface area (Å²) in [7, 11) is 9.46. The number of nitrogens with zero attached hydrogens (tertiary/aromatic N) is 3. The van der Waals surface area contributed by atoms with Crippen molar-refractivity contribution < 1.29 is 28.5 Å². The van der Waals surface area contributed by atoms with Crippen LogP contribution < -0.4 is 41.5 Å². The van der Waals surface area contributed by atoms with Gasteiger partial charge in [0.05, 0.1) is 11.8 Å². The minimum absolute atomic E-state index is 0.160. The van der Waals surface area contributed by atoms with E-state index in [1.54, 1.807) is 12.3 Å². The highest BCUT2D eigenvalue weighted by molar-refractivity contribution is 6.00. The highest BCUT2D eigenvalue weighted by atomic mass is 16.5. The smallest absolute Gasteiger partial charge is 0.374 e. The fraction of sp³-hybridized carbons (Fsp3) is 0.185. The molecule has 352 valence electrons. The highest BCUT2D eigenvalue weighted by Gasteiger charge is 2.14. The molecule has 0 saturated carbocycles. The molecule has 0 spiro atoms. The van der Waals surface area contributed by atoms with E-state index >= 15 is 0 Å². The largest absolute Gasteiger partial charge is 0.568 e. The average Bonchev–Trinajstić information content (AvgIpc) is 3.93. The van der Waals surface area contributed by atoms with Crippen LogP contribution in [0, 0.1) is 0 Å². The van der Waals surface area contributed by atoms with E-state index in [4.69, 9.17) is 28.0 Å². The molecule has 0 fully saturated rings. The summed E-state index contributed by atoms with van der Waals surface area (Å²) < 4.78 is 20.9. The van der Waals surface area contributed by atoms with Gasteiger partial charge in [0.1, 0.15) is 30.5 Å². The second-order valence-electron chi connectivity index (χ2n) is 16.6. The number of benzene rings is 6. The first-order valence-electron chi connectivity index (χ1n) is 22.3. The molecule has 0 bridgehead atoms. The number of nitrogens with two attached hydrogens (primary N) is 1. The molecule has 2 heterocycles. The number of anilines is 2. The molecule has 14 nitrogen and oxygen atoms in total. The highest BCUT2D eigenvalue weighted by Crippen LogP contribution is 2.33. The fourth-order valence-electron chi connectivity index (χ4n) is 7.20. The van der Waals surface area contributed by atoms with Gasteiger partial charge in [-0.1, -0.05) is 94.4 Å². The van der Waals surface area contributed by atoms with Crippen LogP contribution in [0.4, 0.5) is 21.0 Å². The average molecular weight is 925 g/mol. The molecule has 6 aromatic carbocycles. The van der Waals surface area contributed by atoms with Gasteiger partial charge in [-0.3, -0.25) is 10.2 Å². The lowest BCUT2D eigenvalue weighted by molar-refractivity contribution is 0.111. The summed E-state index contributed by atoms with van der Waals surface area (Å²) in [5.41, 5.74) is 13.6. The third-order valence-corrected chi connectivity index (χ3v) is 11.0. The Morgan fingerprint density at radius 3 is 1.70 bits per heavy atom. The molecular formula is C54H57BN8O6. The SMILES string of the molecule is CC(C)c1ccc(OCc2ccccc2)c(C=O)c1.Cn1ccc2cc(NC(=O)NN)ccc21.[B]Oc1cc(OCc2ccccc2)c(/C=N/NC(=O)Nc2ccc3c(ccn3C)c2)cc1C(C)C. The van der Waals surface area contributed by atoms with Gasteiger partial charge in [0.2, 0.25) is 0 Å². The molecule has 0 saturated heterocycles. The zero-order valence-corrected chi connectivity index (χ0v) is 39.6. The number of hydrogen-bond acceptors (Lipinski definition) is 8. The normalized spacial score (nSPS) is 10.8. The Hall–Kier alpha value is -8.30. The predicted octanol–water partition coefficient (Wildman–Crippen LogP) is 10.9. The van der Waals surface area contributed by atoms with Crippen LogP contribution in [0.15, 0.2) is 157 Å². The van der Waals surface area contributed by atoms with Gasteiger partial charge in [-0.2, -0.15) is 5.10 Å². The van der Waals surface area contributed by atoms with Crippen LogP contribution in [-0.4, -0.2) is 41.7 Å². The van der Waals surface area contributed by atoms with Crippen molar-refractivity contribution >= 4 is 65.8 Å². The zero-order valence-electron chi connectivity index (χ0n) is 39.6. The maximum absolute atomic E-state index is 12.4. The Morgan fingerprint density at radius 2 is 1.19 bits per heavy atom. The molecule has 0 aliphatic rings. The lowest BCUT2D eigenvalue weighted by atomic mass is 9.99. The van der Waals surface area contributed by atoms with Crippen molar-refractivity contribution in [3.63, 3.8) is 0 Å². The number of hydrogen-bond donors (Lipinski definition) is 5. The van der Waals surface area contributed by atoms with Crippen LogP contribution in [0.5, 0.6) is 17.2 Å². The Morgan fingerprint density at radius 1 is 0.638 bits per heavy atom. The summed E-state index contributed by atoms with van der Waals surface area (Å²) in [4.78, 5) is 34.5. The van der Waals surface area contributed by atoms with Gasteiger partial charge < -0.3 is 33.9 Å². The topological polar surface area (TPSA) is 175 Å². The number of rotatable bonds is 14. The van der Waals surface area contributed by atoms with E-state index in [9.17, 15) is 14.4 Å². The third kappa shape index (κ3) is 14.1. The molecule has 4 amide bonds. The number of ether oxygens (including phenoxy) is 2. The van der Waals surface area contributed by atoms with E-state index in [2.05, 4.69) is 35.0 Å². The van der Waals surface area contributed by atoms with E-state index in [1.165, 1.54) is 0 Å². The maximum atomic E-state index is 12.4. The zero-order chi connectivity index (χ0) is 49.3. The summed E-state index contributed by atoms with van der Waals surface area (Å²) >= 11 is 0. The number of nitrogens with one attached hydrogen (secondary N) is 4. The van der Waals surface area contributed by atoms with Crippen LogP contribution in [0.1, 0.15) is 77.7 Å². The quantitative estimate of drug-likeness (QED) is 0.0180. The van der Waals surface area contributed by atoms with Crippen molar-refractivity contribution in [3.05, 3.63) is 185 Å². The summed E-state index contributed by atoms with van der Waals surface area (Å²) in [6, 6.07) is 43.7. The Kier molecular flexibility index (Phi) is 17.8. The number of fused-ring (bicyclic) bond motifs is 2. The molecule has 0 atom stereocenters. The van der Waals surface area contributed by atoms with E-state index in [0.717, 1.165) is 56.0 Å². The van der Waals surface area contributed by atoms with Crippen molar-refractivity contribution in [3.8, 4) is 17.2 Å². The number of hydrazine groups is 1. The third-order valence-electron chi connectivity index (χ3n) is 11.0. The number of carbonyl (C=O) groups is 3. The number of urea groups is 2. The summed E-state index contributed by atoms with van der Waals surface area (Å²) in [5, 5.41) is 11.7. The van der Waals surface area contributed by atoms with Crippen molar-refractivity contribution in [1.29, 1.82) is 0 Å². The molecule has 0 aliphatic carbocycles. The summed E-state index contributed by atoms with van der Waals surface area (Å²) in [5.74, 6) is 7.25. The van der Waals surface area contributed by atoms with E-state index in [1.807, 2.05) is 188 Å². The molecule has 8 aromatic rings. The molecule has 69 heavy (non-hydrogen) atoms. The van der Waals surface area contributed by atoms with E-state index in [0.29, 0.717) is 53.2 Å². The molecule has 8 rings (SSSR count). The van der Waals surface area contributed by atoms with Crippen molar-refractivity contribution in [1.82, 2.24) is 20.0 Å². The van der Waals surface area contributed by atoms with Crippen LogP contribution in [0.2, 0.25) is 0 Å². The van der Waals surface area contributed by atoms with Crippen molar-refractivity contribution in [2.45, 2.75) is 52.7 Å². The minimum atomic E-state index is -0.450. The molecule has 15 heteroatoms. The van der Waals surface area contributed by atoms with Crippen molar-refractivity contribution in [2.24, 2.45) is 25.0 Å². The number of carbonyl (C=O) groups excluding carboxylic acids is 3. The first kappa shape index (κ1) is 50.1. The minimum Gasteiger partial charge on any atom is -0.568 e. The van der Waals surface area contributed by atoms with Gasteiger partial charge >= 0.3 is 20.1 Å². The number of aryl methyl sites for hydroxylation is 2. The molecule has 2 radical (unpaired) electrons. The molecule has 6 N–H and O–H groups in total. The Bertz CT molecular complexity index is 3010. The standard InChI is InChI=1S/C27H27BN4O3.C17H18O2.C10H12N4O/c1-18(2)23-14-21(25(15-26(23)35-28)34-17-19-7-5-4-6-8-19)16-29-31-27(33)30-22-9-10-24-20(13-22)11-12-32(24)3;1-13(2)15-8-9-17(16(10-15)11-18)19-12-14-6-4-3-5-7-14;1-14-5-4-7-6-8(2-3-9(7)14)12-10(15)13-11/h4-16,18H,17H2,1-3H3,(H2,30,31,33);3-11,13H,12H2,1-2H3;2-6H,11H2,1H3,(H2,12,13,15)/b29-16+;;. The van der Waals surface area contributed by atoms with Crippen molar-refractivity contribution in [2.75, 3.05) is 10.6 Å². The first-order chi connectivity index (χ1) is 33.3. The number of aromatic nitrogens is 2. The second kappa shape index (κ2) is 24.5. The summed E-state index contributed by atoms with van der Waals surface area (Å²) in [6.45, 7) is 9.13. The predicted molar refractivity (Wildman–Crippen MR) is 276 cm³/mol. The molecular weight excluding hydrogens is 867 g/mol. The van der Waals surface area contributed by atoms with E-state index < -0.39 is 12.1 Å². The Balaban J connectivity index is 0.000000192. The van der Waals surface area contributed by atoms with Crippen LogP contribution in [0.3, 0.4) is 0 Å². The van der Waals surface area contributed by atoms with Gasteiger partial charge in [0.25, 0.3) is 0 Å². The van der Waals surface area contributed by atoms with E-state index in [-0.39, 0.29) is 5.92 Å². The lowest BCUT2D eigenvalue weighted by Gasteiger charge is -2.17. The fourth-order valence-corrected chi connectivity index (χ4v) is 7.20. The Labute approximate surface area is 403 Å². The van der Waals surface area contributed by atoms with Crippen LogP contribution >= 0.6 is 0 Å². The number of amides is 4. The molecule has 0 aliphatic heterocycles. The molecule has 0 unspecified atom stereocenters. The lowest BCUT2D eigenvalue weighted by Crippen LogP contribution is -2.34. The van der Waals surface area contributed by atoms with Crippen LogP contribution in [0.25, 0.3) is 21.8 Å². The maximum Gasteiger partial charge on any atom is 0.374 e. The van der Waals surface area contributed by atoms with Gasteiger partial charge in [0.15, 0.2) is 6.29 Å². The number of aldehydes is 1. The van der Waals surface area contributed by atoms with Gasteiger partial charge in [-0.15, -0.1) is 0 Å².